The Balaban J connectivity index is 2.06. The predicted octanol–water partition coefficient (Wildman–Crippen LogP) is 3.94. The molecule has 0 bridgehead atoms. The number of carbonyl (C=O) groups is 1. The van der Waals surface area contributed by atoms with Gasteiger partial charge in [-0.2, -0.15) is 5.26 Å². The molecule has 0 saturated heterocycles. The number of nitriles is 1. The molecule has 0 spiro atoms. The highest BCUT2D eigenvalue weighted by Gasteiger charge is 2.10. The highest BCUT2D eigenvalue weighted by Crippen LogP contribution is 2.24. The van der Waals surface area contributed by atoms with E-state index in [9.17, 15) is 10.1 Å². The zero-order valence-electron chi connectivity index (χ0n) is 14.8. The van der Waals surface area contributed by atoms with Crippen molar-refractivity contribution in [3.63, 3.8) is 0 Å². The smallest absolute Gasteiger partial charge is 0.267 e. The van der Waals surface area contributed by atoms with E-state index in [0.29, 0.717) is 30.3 Å². The lowest BCUT2D eigenvalue weighted by atomic mass is 10.2. The van der Waals surface area contributed by atoms with Crippen LogP contribution in [0.1, 0.15) is 13.8 Å². The van der Waals surface area contributed by atoms with E-state index >= 15 is 0 Å². The number of anilines is 2. The fourth-order valence-corrected chi connectivity index (χ4v) is 2.17. The monoisotopic (exact) mass is 351 g/mol. The summed E-state index contributed by atoms with van der Waals surface area (Å²) < 4.78 is 10.9. The largest absolute Gasteiger partial charge is 0.494 e. The molecule has 6 nitrogen and oxygen atoms in total. The second-order valence-electron chi connectivity index (χ2n) is 5.15. The fourth-order valence-electron chi connectivity index (χ4n) is 2.17. The summed E-state index contributed by atoms with van der Waals surface area (Å²) in [6.07, 6.45) is 1.36. The third kappa shape index (κ3) is 5.28. The van der Waals surface area contributed by atoms with Crippen LogP contribution in [0.4, 0.5) is 11.4 Å². The van der Waals surface area contributed by atoms with Crippen molar-refractivity contribution in [2.75, 3.05) is 23.8 Å². The van der Waals surface area contributed by atoms with E-state index in [0.717, 1.165) is 5.75 Å². The summed E-state index contributed by atoms with van der Waals surface area (Å²) in [6.45, 7) is 4.88. The first-order chi connectivity index (χ1) is 12.7. The Labute approximate surface area is 153 Å². The zero-order valence-corrected chi connectivity index (χ0v) is 14.8. The summed E-state index contributed by atoms with van der Waals surface area (Å²) >= 11 is 0. The van der Waals surface area contributed by atoms with Crippen LogP contribution in [-0.2, 0) is 4.79 Å². The van der Waals surface area contributed by atoms with Gasteiger partial charge in [0.05, 0.1) is 18.9 Å². The number of nitrogens with one attached hydrogen (secondary N) is 2. The molecule has 0 fully saturated rings. The second kappa shape index (κ2) is 9.74. The van der Waals surface area contributed by atoms with Gasteiger partial charge >= 0.3 is 0 Å². The van der Waals surface area contributed by atoms with E-state index in [4.69, 9.17) is 9.47 Å². The van der Waals surface area contributed by atoms with Crippen LogP contribution in [-0.4, -0.2) is 19.1 Å². The molecule has 0 saturated carbocycles. The van der Waals surface area contributed by atoms with E-state index in [-0.39, 0.29) is 5.57 Å². The second-order valence-corrected chi connectivity index (χ2v) is 5.15. The lowest BCUT2D eigenvalue weighted by Crippen LogP contribution is -2.14. The molecule has 6 heteroatoms. The molecule has 0 atom stereocenters. The first kappa shape index (κ1) is 18.9. The lowest BCUT2D eigenvalue weighted by molar-refractivity contribution is -0.112. The summed E-state index contributed by atoms with van der Waals surface area (Å²) in [7, 11) is 0. The van der Waals surface area contributed by atoms with Crippen molar-refractivity contribution in [2.24, 2.45) is 0 Å². The van der Waals surface area contributed by atoms with Gasteiger partial charge in [0, 0.05) is 11.9 Å². The van der Waals surface area contributed by atoms with Gasteiger partial charge in [-0.1, -0.05) is 12.1 Å². The summed E-state index contributed by atoms with van der Waals surface area (Å²) in [5.41, 5.74) is 1.20. The molecule has 0 aliphatic heterocycles. The molecule has 2 rings (SSSR count). The number of hydrogen-bond donors (Lipinski definition) is 2. The Bertz CT molecular complexity index is 808. The van der Waals surface area contributed by atoms with Crippen LogP contribution in [0.3, 0.4) is 0 Å². The third-order valence-electron chi connectivity index (χ3n) is 3.35. The Morgan fingerprint density at radius 2 is 1.77 bits per heavy atom. The van der Waals surface area contributed by atoms with Crippen LogP contribution in [0.5, 0.6) is 11.5 Å². The standard InChI is InChI=1S/C20H21N3O3/c1-3-25-17-11-9-16(10-12-17)23-20(24)15(13-21)14-22-18-7-5-6-8-19(18)26-4-2/h5-12,14,22H,3-4H2,1-2H3,(H,23,24)/b15-14-. The molecular formula is C20H21N3O3. The average molecular weight is 351 g/mol. The van der Waals surface area contributed by atoms with Crippen molar-refractivity contribution in [2.45, 2.75) is 13.8 Å². The van der Waals surface area contributed by atoms with Gasteiger partial charge in [0.25, 0.3) is 5.91 Å². The Morgan fingerprint density at radius 1 is 1.08 bits per heavy atom. The van der Waals surface area contributed by atoms with Gasteiger partial charge in [0.1, 0.15) is 23.1 Å². The maximum Gasteiger partial charge on any atom is 0.267 e. The van der Waals surface area contributed by atoms with Gasteiger partial charge in [-0.3, -0.25) is 4.79 Å². The van der Waals surface area contributed by atoms with Gasteiger partial charge in [-0.05, 0) is 50.2 Å². The number of para-hydroxylation sites is 2. The van der Waals surface area contributed by atoms with E-state index in [2.05, 4.69) is 10.6 Å². The molecule has 2 aromatic rings. The Hall–Kier alpha value is -3.46. The highest BCUT2D eigenvalue weighted by molar-refractivity contribution is 6.06. The summed E-state index contributed by atoms with van der Waals surface area (Å²) in [4.78, 5) is 12.3. The maximum absolute atomic E-state index is 12.3. The number of nitrogens with zero attached hydrogens (tertiary/aromatic N) is 1. The van der Waals surface area contributed by atoms with Crippen molar-refractivity contribution in [1.82, 2.24) is 0 Å². The minimum atomic E-state index is -0.502. The maximum atomic E-state index is 12.3. The number of hydrogen-bond acceptors (Lipinski definition) is 5. The van der Waals surface area contributed by atoms with E-state index in [1.165, 1.54) is 6.20 Å². The normalized spacial score (nSPS) is 10.6. The van der Waals surface area contributed by atoms with Crippen LogP contribution >= 0.6 is 0 Å². The number of ether oxygens (including phenoxy) is 2. The molecule has 0 aromatic heterocycles. The first-order valence-corrected chi connectivity index (χ1v) is 8.30. The van der Waals surface area contributed by atoms with Gasteiger partial charge in [0.15, 0.2) is 0 Å². The topological polar surface area (TPSA) is 83.4 Å². The van der Waals surface area contributed by atoms with Crippen molar-refractivity contribution in [3.05, 3.63) is 60.3 Å². The van der Waals surface area contributed by atoms with Crippen LogP contribution in [0.15, 0.2) is 60.3 Å². The van der Waals surface area contributed by atoms with Crippen LogP contribution < -0.4 is 20.1 Å². The third-order valence-corrected chi connectivity index (χ3v) is 3.35. The number of carbonyl (C=O) groups excluding carboxylic acids is 1. The average Bonchev–Trinajstić information content (AvgIpc) is 2.65. The molecule has 134 valence electrons. The number of benzene rings is 2. The predicted molar refractivity (Wildman–Crippen MR) is 101 cm³/mol. The summed E-state index contributed by atoms with van der Waals surface area (Å²) in [5.74, 6) is 0.865. The number of rotatable bonds is 8. The quantitative estimate of drug-likeness (QED) is 0.556. The molecule has 0 aliphatic rings. The lowest BCUT2D eigenvalue weighted by Gasteiger charge is -2.10. The molecular weight excluding hydrogens is 330 g/mol. The minimum absolute atomic E-state index is 0.0508. The fraction of sp³-hybridized carbons (Fsp3) is 0.200. The minimum Gasteiger partial charge on any atom is -0.494 e. The van der Waals surface area contributed by atoms with Crippen molar-refractivity contribution >= 4 is 17.3 Å². The van der Waals surface area contributed by atoms with E-state index in [1.54, 1.807) is 30.3 Å². The Morgan fingerprint density at radius 3 is 2.42 bits per heavy atom. The van der Waals surface area contributed by atoms with Crippen LogP contribution in [0, 0.1) is 11.3 Å². The molecule has 2 N–H and O–H groups in total. The number of amides is 1. The van der Waals surface area contributed by atoms with Crippen molar-refractivity contribution in [3.8, 4) is 17.6 Å². The van der Waals surface area contributed by atoms with Crippen LogP contribution in [0.2, 0.25) is 0 Å². The summed E-state index contributed by atoms with van der Waals surface area (Å²) in [5, 5.41) is 14.9. The SMILES string of the molecule is CCOc1ccc(NC(=O)/C(C#N)=C\Nc2ccccc2OCC)cc1. The molecule has 26 heavy (non-hydrogen) atoms. The van der Waals surface area contributed by atoms with E-state index in [1.807, 2.05) is 38.1 Å². The molecule has 0 aliphatic carbocycles. The summed E-state index contributed by atoms with van der Waals surface area (Å²) in [6, 6.07) is 16.1. The highest BCUT2D eigenvalue weighted by atomic mass is 16.5. The van der Waals surface area contributed by atoms with Gasteiger partial charge in [-0.25, -0.2) is 0 Å². The van der Waals surface area contributed by atoms with Crippen molar-refractivity contribution < 1.29 is 14.3 Å². The van der Waals surface area contributed by atoms with Crippen LogP contribution in [0.25, 0.3) is 0 Å². The van der Waals surface area contributed by atoms with Gasteiger partial charge < -0.3 is 20.1 Å². The molecule has 0 radical (unpaired) electrons. The molecule has 2 aromatic carbocycles. The van der Waals surface area contributed by atoms with Crippen molar-refractivity contribution in [1.29, 1.82) is 5.26 Å². The molecule has 0 heterocycles. The molecule has 0 unspecified atom stereocenters. The Kier molecular flexibility index (Phi) is 7.07. The zero-order chi connectivity index (χ0) is 18.8. The van der Waals surface area contributed by atoms with Gasteiger partial charge in [-0.15, -0.1) is 0 Å². The molecule has 1 amide bonds. The van der Waals surface area contributed by atoms with E-state index < -0.39 is 5.91 Å². The van der Waals surface area contributed by atoms with Gasteiger partial charge in [0.2, 0.25) is 0 Å². The first-order valence-electron chi connectivity index (χ1n) is 8.30.